The summed E-state index contributed by atoms with van der Waals surface area (Å²) in [5, 5.41) is 11.0. The largest absolute Gasteiger partial charge is 0.379 e. The van der Waals surface area contributed by atoms with Crippen molar-refractivity contribution >= 4 is 5.69 Å². The van der Waals surface area contributed by atoms with Crippen LogP contribution in [0.4, 0.5) is 5.69 Å². The molecule has 2 saturated heterocycles. The van der Waals surface area contributed by atoms with Crippen LogP contribution in [-0.4, -0.2) is 40.3 Å². The number of aromatic amines is 1. The molecular weight excluding hydrogens is 212 g/mol. The van der Waals surface area contributed by atoms with E-state index in [1.807, 2.05) is 0 Å². The Hall–Kier alpha value is -1.03. The van der Waals surface area contributed by atoms with Crippen LogP contribution in [0.15, 0.2) is 0 Å². The highest BCUT2D eigenvalue weighted by Crippen LogP contribution is 2.29. The second-order valence-corrected chi connectivity index (χ2v) is 5.51. The molecule has 0 amide bonds. The third-order valence-electron chi connectivity index (χ3n) is 4.30. The van der Waals surface area contributed by atoms with Gasteiger partial charge < -0.3 is 10.2 Å². The molecule has 0 saturated carbocycles. The fourth-order valence-corrected chi connectivity index (χ4v) is 3.32. The Balaban J connectivity index is 1.66. The molecule has 4 nitrogen and oxygen atoms in total. The van der Waals surface area contributed by atoms with Gasteiger partial charge >= 0.3 is 0 Å². The molecule has 2 aliphatic rings. The lowest BCUT2D eigenvalue weighted by Crippen LogP contribution is -2.42. The molecule has 0 aromatic carbocycles. The maximum atomic E-state index is 4.25. The van der Waals surface area contributed by atoms with Crippen LogP contribution >= 0.6 is 0 Å². The molecule has 0 spiro atoms. The van der Waals surface area contributed by atoms with Crippen molar-refractivity contribution in [3.05, 3.63) is 11.4 Å². The van der Waals surface area contributed by atoms with Gasteiger partial charge in [0, 0.05) is 18.6 Å². The van der Waals surface area contributed by atoms with Crippen molar-refractivity contribution in [3.63, 3.8) is 0 Å². The summed E-state index contributed by atoms with van der Waals surface area (Å²) in [7, 11) is 0. The molecule has 1 aromatic heterocycles. The van der Waals surface area contributed by atoms with Crippen LogP contribution in [-0.2, 0) is 0 Å². The Labute approximate surface area is 103 Å². The topological polar surface area (TPSA) is 44.0 Å². The van der Waals surface area contributed by atoms with Crippen LogP contribution in [0.1, 0.15) is 37.1 Å². The van der Waals surface area contributed by atoms with E-state index in [1.165, 1.54) is 44.5 Å². The number of hydrogen-bond acceptors (Lipinski definition) is 3. The molecule has 1 aromatic rings. The fourth-order valence-electron chi connectivity index (χ4n) is 3.32. The van der Waals surface area contributed by atoms with E-state index in [1.54, 1.807) is 0 Å². The SMILES string of the molecule is Cc1n[nH]c(C)c1NC1CCN2CCCC2C1. The second-order valence-electron chi connectivity index (χ2n) is 5.51. The number of piperidine rings is 1. The Bertz CT molecular complexity index is 379. The van der Waals surface area contributed by atoms with Gasteiger partial charge in [-0.1, -0.05) is 0 Å². The number of nitrogens with zero attached hydrogens (tertiary/aromatic N) is 2. The summed E-state index contributed by atoms with van der Waals surface area (Å²) in [4.78, 5) is 2.66. The van der Waals surface area contributed by atoms with Gasteiger partial charge in [0.1, 0.15) is 0 Å². The quantitative estimate of drug-likeness (QED) is 0.823. The maximum Gasteiger partial charge on any atom is 0.0825 e. The minimum Gasteiger partial charge on any atom is -0.379 e. The zero-order chi connectivity index (χ0) is 11.8. The van der Waals surface area contributed by atoms with Gasteiger partial charge in [-0.2, -0.15) is 5.10 Å². The third-order valence-corrected chi connectivity index (χ3v) is 4.30. The van der Waals surface area contributed by atoms with Crippen LogP contribution in [0.25, 0.3) is 0 Å². The molecule has 2 fully saturated rings. The fraction of sp³-hybridized carbons (Fsp3) is 0.769. The lowest BCUT2D eigenvalue weighted by Gasteiger charge is -2.35. The monoisotopic (exact) mass is 234 g/mol. The van der Waals surface area contributed by atoms with Crippen LogP contribution in [0.2, 0.25) is 0 Å². The van der Waals surface area contributed by atoms with Crippen molar-refractivity contribution in [2.45, 2.75) is 51.6 Å². The van der Waals surface area contributed by atoms with E-state index < -0.39 is 0 Å². The van der Waals surface area contributed by atoms with Crippen molar-refractivity contribution in [2.75, 3.05) is 18.4 Å². The lowest BCUT2D eigenvalue weighted by molar-refractivity contribution is 0.188. The molecule has 94 valence electrons. The number of rotatable bonds is 2. The number of hydrogen-bond donors (Lipinski definition) is 2. The first-order valence-electron chi connectivity index (χ1n) is 6.76. The number of nitrogens with one attached hydrogen (secondary N) is 2. The minimum absolute atomic E-state index is 0.629. The zero-order valence-corrected chi connectivity index (χ0v) is 10.8. The van der Waals surface area contributed by atoms with Gasteiger partial charge in [-0.3, -0.25) is 5.10 Å². The average molecular weight is 234 g/mol. The van der Waals surface area contributed by atoms with E-state index in [0.717, 1.165) is 17.4 Å². The van der Waals surface area contributed by atoms with E-state index in [0.29, 0.717) is 6.04 Å². The van der Waals surface area contributed by atoms with E-state index in [4.69, 9.17) is 0 Å². The molecule has 4 heteroatoms. The van der Waals surface area contributed by atoms with Crippen molar-refractivity contribution < 1.29 is 0 Å². The number of aromatic nitrogens is 2. The molecule has 0 radical (unpaired) electrons. The van der Waals surface area contributed by atoms with Crippen molar-refractivity contribution in [1.82, 2.24) is 15.1 Å². The molecule has 3 heterocycles. The zero-order valence-electron chi connectivity index (χ0n) is 10.8. The molecule has 2 aliphatic heterocycles. The van der Waals surface area contributed by atoms with Crippen molar-refractivity contribution in [3.8, 4) is 0 Å². The van der Waals surface area contributed by atoms with Crippen LogP contribution < -0.4 is 5.32 Å². The second kappa shape index (κ2) is 4.33. The maximum absolute atomic E-state index is 4.25. The van der Waals surface area contributed by atoms with E-state index in [9.17, 15) is 0 Å². The van der Waals surface area contributed by atoms with Crippen LogP contribution in [0.3, 0.4) is 0 Å². The summed E-state index contributed by atoms with van der Waals surface area (Å²) >= 11 is 0. The molecule has 0 bridgehead atoms. The molecule has 2 N–H and O–H groups in total. The summed E-state index contributed by atoms with van der Waals surface area (Å²) < 4.78 is 0. The van der Waals surface area contributed by atoms with E-state index in [2.05, 4.69) is 34.3 Å². The Morgan fingerprint density at radius 2 is 2.18 bits per heavy atom. The molecule has 17 heavy (non-hydrogen) atoms. The van der Waals surface area contributed by atoms with Gasteiger partial charge in [-0.25, -0.2) is 0 Å². The average Bonchev–Trinajstić information content (AvgIpc) is 2.90. The summed E-state index contributed by atoms with van der Waals surface area (Å²) in [6, 6.07) is 1.46. The lowest BCUT2D eigenvalue weighted by atomic mass is 9.97. The minimum atomic E-state index is 0.629. The van der Waals surface area contributed by atoms with E-state index in [-0.39, 0.29) is 0 Å². The van der Waals surface area contributed by atoms with Gasteiger partial charge in [-0.15, -0.1) is 0 Å². The predicted molar refractivity (Wildman–Crippen MR) is 69.3 cm³/mol. The number of anilines is 1. The van der Waals surface area contributed by atoms with Gasteiger partial charge in [-0.05, 0) is 46.1 Å². The smallest absolute Gasteiger partial charge is 0.0825 e. The number of fused-ring (bicyclic) bond motifs is 1. The highest BCUT2D eigenvalue weighted by molar-refractivity contribution is 5.52. The van der Waals surface area contributed by atoms with Gasteiger partial charge in [0.15, 0.2) is 0 Å². The third kappa shape index (κ3) is 2.06. The summed E-state index contributed by atoms with van der Waals surface area (Å²) in [6.45, 7) is 6.74. The predicted octanol–water partition coefficient (Wildman–Crippen LogP) is 2.07. The molecule has 3 rings (SSSR count). The van der Waals surface area contributed by atoms with Gasteiger partial charge in [0.05, 0.1) is 17.1 Å². The summed E-state index contributed by atoms with van der Waals surface area (Å²) in [5.74, 6) is 0. The normalized spacial score (nSPS) is 29.3. The van der Waals surface area contributed by atoms with Gasteiger partial charge in [0.2, 0.25) is 0 Å². The molecule has 2 unspecified atom stereocenters. The van der Waals surface area contributed by atoms with E-state index >= 15 is 0 Å². The number of H-pyrrole nitrogens is 1. The van der Waals surface area contributed by atoms with Crippen molar-refractivity contribution in [1.29, 1.82) is 0 Å². The van der Waals surface area contributed by atoms with Crippen molar-refractivity contribution in [2.24, 2.45) is 0 Å². The molecule has 2 atom stereocenters. The molecule has 0 aliphatic carbocycles. The van der Waals surface area contributed by atoms with Crippen LogP contribution in [0, 0.1) is 13.8 Å². The summed E-state index contributed by atoms with van der Waals surface area (Å²) in [6.07, 6.45) is 5.34. The Morgan fingerprint density at radius 3 is 2.94 bits per heavy atom. The first-order valence-corrected chi connectivity index (χ1v) is 6.76. The van der Waals surface area contributed by atoms with Gasteiger partial charge in [0.25, 0.3) is 0 Å². The first kappa shape index (κ1) is 11.1. The number of aryl methyl sites for hydroxylation is 2. The Kier molecular flexibility index (Phi) is 2.82. The highest BCUT2D eigenvalue weighted by atomic mass is 15.2. The standard InChI is InChI=1S/C13H22N4/c1-9-13(10(2)16-15-9)14-11-5-7-17-6-3-4-12(17)8-11/h11-12,14H,3-8H2,1-2H3,(H,15,16). The Morgan fingerprint density at radius 1 is 1.29 bits per heavy atom. The van der Waals surface area contributed by atoms with Crippen LogP contribution in [0.5, 0.6) is 0 Å². The highest BCUT2D eigenvalue weighted by Gasteiger charge is 2.31. The summed E-state index contributed by atoms with van der Waals surface area (Å²) in [5.41, 5.74) is 3.48. The first-order chi connectivity index (χ1) is 8.24. The molecular formula is C13H22N4.